The zero-order chi connectivity index (χ0) is 16.5. The van der Waals surface area contributed by atoms with Gasteiger partial charge in [0.1, 0.15) is 11.9 Å². The summed E-state index contributed by atoms with van der Waals surface area (Å²) in [7, 11) is 0. The molecular formula is C19H23N3O2. The molecule has 0 bridgehead atoms. The molecule has 1 aromatic heterocycles. The number of carbonyl (C=O) groups excluding carboxylic acids is 1. The third-order valence-electron chi connectivity index (χ3n) is 4.98. The lowest BCUT2D eigenvalue weighted by molar-refractivity contribution is -0.0264. The number of ether oxygens (including phenoxy) is 1. The number of hydrogen-bond donors (Lipinski definition) is 1. The van der Waals surface area contributed by atoms with Crippen molar-refractivity contribution in [1.29, 1.82) is 0 Å². The van der Waals surface area contributed by atoms with Crippen molar-refractivity contribution in [1.82, 2.24) is 14.9 Å². The Bertz CT molecular complexity index is 753. The maximum absolute atomic E-state index is 12.9. The zero-order valence-corrected chi connectivity index (χ0v) is 14.0. The summed E-state index contributed by atoms with van der Waals surface area (Å²) in [6.45, 7) is 3.69. The molecule has 2 heterocycles. The molecule has 4 rings (SSSR count). The van der Waals surface area contributed by atoms with E-state index >= 15 is 0 Å². The molecule has 0 saturated carbocycles. The van der Waals surface area contributed by atoms with Gasteiger partial charge in [0.05, 0.1) is 13.2 Å². The van der Waals surface area contributed by atoms with Crippen LogP contribution in [0.15, 0.2) is 24.4 Å². The molecule has 5 nitrogen and oxygen atoms in total. The van der Waals surface area contributed by atoms with Gasteiger partial charge in [-0.3, -0.25) is 4.79 Å². The van der Waals surface area contributed by atoms with Crippen LogP contribution < -0.4 is 0 Å². The molecule has 0 spiro atoms. The fourth-order valence-corrected chi connectivity index (χ4v) is 3.64. The lowest BCUT2D eigenvalue weighted by Crippen LogP contribution is -2.42. The van der Waals surface area contributed by atoms with Gasteiger partial charge in [-0.1, -0.05) is 6.07 Å². The average molecular weight is 325 g/mol. The van der Waals surface area contributed by atoms with Gasteiger partial charge in [-0.25, -0.2) is 4.98 Å². The minimum absolute atomic E-state index is 0.0972. The Morgan fingerprint density at radius 2 is 2.12 bits per heavy atom. The van der Waals surface area contributed by atoms with E-state index in [2.05, 4.69) is 22.1 Å². The number of hydrogen-bond acceptors (Lipinski definition) is 3. The van der Waals surface area contributed by atoms with Crippen molar-refractivity contribution < 1.29 is 9.53 Å². The Labute approximate surface area is 142 Å². The van der Waals surface area contributed by atoms with Crippen LogP contribution in [0, 0.1) is 6.92 Å². The molecule has 1 unspecified atom stereocenters. The minimum atomic E-state index is -0.172. The van der Waals surface area contributed by atoms with Crippen LogP contribution in [0.5, 0.6) is 0 Å². The van der Waals surface area contributed by atoms with Crippen molar-refractivity contribution >= 4 is 5.91 Å². The van der Waals surface area contributed by atoms with Gasteiger partial charge in [0.2, 0.25) is 0 Å². The first kappa shape index (κ1) is 15.4. The van der Waals surface area contributed by atoms with E-state index in [1.807, 2.05) is 17.9 Å². The monoisotopic (exact) mass is 325 g/mol. The van der Waals surface area contributed by atoms with Crippen LogP contribution in [0.25, 0.3) is 0 Å². The SMILES string of the molecule is Cc1cnc(C2CN(C(=O)c3ccc4c(c3)CCCC4)CCO2)[nH]1. The molecule has 1 N–H and O–H groups in total. The number of imidazole rings is 1. The average Bonchev–Trinajstić information content (AvgIpc) is 3.07. The van der Waals surface area contributed by atoms with Crippen molar-refractivity contribution in [3.05, 3.63) is 52.6 Å². The zero-order valence-electron chi connectivity index (χ0n) is 14.0. The fraction of sp³-hybridized carbons (Fsp3) is 0.474. The predicted octanol–water partition coefficient (Wildman–Crippen LogP) is 2.81. The number of fused-ring (bicyclic) bond motifs is 1. The number of aromatic nitrogens is 2. The van der Waals surface area contributed by atoms with Crippen LogP contribution in [0.4, 0.5) is 0 Å². The summed E-state index contributed by atoms with van der Waals surface area (Å²) in [5.41, 5.74) is 4.56. The van der Waals surface area contributed by atoms with Crippen molar-refractivity contribution in [2.45, 2.75) is 38.7 Å². The Morgan fingerprint density at radius 3 is 2.92 bits per heavy atom. The van der Waals surface area contributed by atoms with Gasteiger partial charge >= 0.3 is 0 Å². The predicted molar refractivity (Wildman–Crippen MR) is 91.0 cm³/mol. The third-order valence-corrected chi connectivity index (χ3v) is 4.98. The van der Waals surface area contributed by atoms with E-state index in [9.17, 15) is 4.79 Å². The second-order valence-corrected chi connectivity index (χ2v) is 6.75. The van der Waals surface area contributed by atoms with Crippen molar-refractivity contribution in [3.63, 3.8) is 0 Å². The molecule has 126 valence electrons. The van der Waals surface area contributed by atoms with E-state index in [1.165, 1.54) is 24.0 Å². The van der Waals surface area contributed by atoms with E-state index < -0.39 is 0 Å². The first-order chi connectivity index (χ1) is 11.7. The molecule has 1 atom stereocenters. The molecule has 1 aliphatic heterocycles. The Hall–Kier alpha value is -2.14. The van der Waals surface area contributed by atoms with Crippen LogP contribution in [0.2, 0.25) is 0 Å². The van der Waals surface area contributed by atoms with Gasteiger partial charge in [-0.2, -0.15) is 0 Å². The first-order valence-electron chi connectivity index (χ1n) is 8.75. The third kappa shape index (κ3) is 2.96. The highest BCUT2D eigenvalue weighted by atomic mass is 16.5. The number of H-pyrrole nitrogens is 1. The summed E-state index contributed by atoms with van der Waals surface area (Å²) in [6.07, 6.45) is 6.34. The highest BCUT2D eigenvalue weighted by Gasteiger charge is 2.28. The molecule has 0 radical (unpaired) electrons. The summed E-state index contributed by atoms with van der Waals surface area (Å²) in [5.74, 6) is 0.899. The summed E-state index contributed by atoms with van der Waals surface area (Å²) in [4.78, 5) is 22.3. The first-order valence-corrected chi connectivity index (χ1v) is 8.75. The van der Waals surface area contributed by atoms with Gasteiger partial charge in [-0.05, 0) is 55.9 Å². The van der Waals surface area contributed by atoms with Crippen molar-refractivity contribution in [2.75, 3.05) is 19.7 Å². The number of nitrogens with zero attached hydrogens (tertiary/aromatic N) is 2. The number of nitrogens with one attached hydrogen (secondary N) is 1. The number of benzene rings is 1. The molecule has 1 amide bonds. The normalized spacial score (nSPS) is 20.7. The lowest BCUT2D eigenvalue weighted by atomic mass is 9.90. The van der Waals surface area contributed by atoms with Gasteiger partial charge in [0.25, 0.3) is 5.91 Å². The molecule has 2 aromatic rings. The summed E-state index contributed by atoms with van der Waals surface area (Å²) >= 11 is 0. The number of aryl methyl sites for hydroxylation is 3. The molecular weight excluding hydrogens is 302 g/mol. The van der Waals surface area contributed by atoms with Gasteiger partial charge in [-0.15, -0.1) is 0 Å². The number of aromatic amines is 1. The minimum Gasteiger partial charge on any atom is -0.367 e. The molecule has 1 fully saturated rings. The summed E-state index contributed by atoms with van der Waals surface area (Å²) in [5, 5.41) is 0. The summed E-state index contributed by atoms with van der Waals surface area (Å²) < 4.78 is 5.80. The number of carbonyl (C=O) groups is 1. The van der Waals surface area contributed by atoms with Crippen LogP contribution in [0.3, 0.4) is 0 Å². The Kier molecular flexibility index (Phi) is 4.10. The second kappa shape index (κ2) is 6.40. The second-order valence-electron chi connectivity index (χ2n) is 6.75. The van der Waals surface area contributed by atoms with Crippen LogP contribution in [-0.4, -0.2) is 40.5 Å². The number of morpholine rings is 1. The van der Waals surface area contributed by atoms with E-state index in [1.54, 1.807) is 6.20 Å². The Balaban J connectivity index is 1.51. The molecule has 2 aliphatic rings. The van der Waals surface area contributed by atoms with Gasteiger partial charge in [0.15, 0.2) is 0 Å². The largest absolute Gasteiger partial charge is 0.367 e. The quantitative estimate of drug-likeness (QED) is 0.924. The van der Waals surface area contributed by atoms with Gasteiger partial charge in [0, 0.05) is 24.0 Å². The van der Waals surface area contributed by atoms with Crippen LogP contribution >= 0.6 is 0 Å². The van der Waals surface area contributed by atoms with E-state index in [4.69, 9.17) is 4.74 Å². The highest BCUT2D eigenvalue weighted by molar-refractivity contribution is 5.94. The fourth-order valence-electron chi connectivity index (χ4n) is 3.64. The molecule has 5 heteroatoms. The number of amides is 1. The molecule has 1 aliphatic carbocycles. The molecule has 1 saturated heterocycles. The van der Waals surface area contributed by atoms with E-state index in [0.717, 1.165) is 29.9 Å². The van der Waals surface area contributed by atoms with Gasteiger partial charge < -0.3 is 14.6 Å². The lowest BCUT2D eigenvalue weighted by Gasteiger charge is -2.32. The standard InChI is InChI=1S/C19H23N3O2/c1-13-11-20-18(21-13)17-12-22(8-9-24-17)19(23)16-7-6-14-4-2-3-5-15(14)10-16/h6-7,10-11,17H,2-5,8-9,12H2,1H3,(H,20,21). The van der Waals surface area contributed by atoms with Crippen molar-refractivity contribution in [2.24, 2.45) is 0 Å². The highest BCUT2D eigenvalue weighted by Crippen LogP contribution is 2.25. The topological polar surface area (TPSA) is 58.2 Å². The molecule has 1 aromatic carbocycles. The molecule has 24 heavy (non-hydrogen) atoms. The maximum atomic E-state index is 12.9. The Morgan fingerprint density at radius 1 is 1.29 bits per heavy atom. The van der Waals surface area contributed by atoms with Crippen LogP contribution in [0.1, 0.15) is 51.9 Å². The van der Waals surface area contributed by atoms with Crippen LogP contribution in [-0.2, 0) is 17.6 Å². The van der Waals surface area contributed by atoms with E-state index in [0.29, 0.717) is 19.7 Å². The van der Waals surface area contributed by atoms with Crippen molar-refractivity contribution in [3.8, 4) is 0 Å². The number of rotatable bonds is 2. The smallest absolute Gasteiger partial charge is 0.254 e. The summed E-state index contributed by atoms with van der Waals surface area (Å²) in [6, 6.07) is 6.21. The maximum Gasteiger partial charge on any atom is 0.254 e. The van der Waals surface area contributed by atoms with E-state index in [-0.39, 0.29) is 12.0 Å².